The van der Waals surface area contributed by atoms with E-state index in [2.05, 4.69) is 0 Å². The van der Waals surface area contributed by atoms with E-state index in [1.807, 2.05) is 0 Å². The van der Waals surface area contributed by atoms with Crippen molar-refractivity contribution in [2.45, 2.75) is 37.8 Å². The molecule has 2 aliphatic heterocycles. The van der Waals surface area contributed by atoms with Gasteiger partial charge in [0.05, 0.1) is 17.6 Å². The molecule has 88 valence electrons. The lowest BCUT2D eigenvalue weighted by Gasteiger charge is -2.20. The first kappa shape index (κ1) is 11.4. The first-order valence-electron chi connectivity index (χ1n) is 5.64. The third-order valence-corrected chi connectivity index (χ3v) is 5.23. The highest BCUT2D eigenvalue weighted by molar-refractivity contribution is 7.91. The van der Waals surface area contributed by atoms with Crippen LogP contribution in [0.25, 0.3) is 0 Å². The standard InChI is InChI=1S/C10H19NO3S/c11-10(6-9-2-1-4-14-9)8-3-5-15(12,13)7-8/h8-10H,1-7,11H2. The van der Waals surface area contributed by atoms with E-state index in [0.717, 1.165) is 32.3 Å². The van der Waals surface area contributed by atoms with Crippen LogP contribution in [-0.4, -0.2) is 38.7 Å². The maximum atomic E-state index is 11.3. The molecule has 2 rings (SSSR count). The Kier molecular flexibility index (Phi) is 3.33. The van der Waals surface area contributed by atoms with E-state index in [-0.39, 0.29) is 23.8 Å². The molecule has 15 heavy (non-hydrogen) atoms. The summed E-state index contributed by atoms with van der Waals surface area (Å²) in [5, 5.41) is 0. The number of sulfone groups is 1. The maximum Gasteiger partial charge on any atom is 0.150 e. The molecular formula is C10H19NO3S. The Balaban J connectivity index is 1.83. The molecule has 0 amide bonds. The zero-order valence-electron chi connectivity index (χ0n) is 8.89. The SMILES string of the molecule is NC(CC1CCCO1)C1CCS(=O)(=O)C1. The van der Waals surface area contributed by atoms with Crippen LogP contribution in [-0.2, 0) is 14.6 Å². The fourth-order valence-corrected chi connectivity index (χ4v) is 4.38. The van der Waals surface area contributed by atoms with Gasteiger partial charge in [0.1, 0.15) is 0 Å². The van der Waals surface area contributed by atoms with Crippen molar-refractivity contribution < 1.29 is 13.2 Å². The smallest absolute Gasteiger partial charge is 0.150 e. The number of hydrogen-bond donors (Lipinski definition) is 1. The molecule has 0 aromatic carbocycles. The Morgan fingerprint density at radius 2 is 2.20 bits per heavy atom. The Hall–Kier alpha value is -0.130. The van der Waals surface area contributed by atoms with Crippen molar-refractivity contribution in [1.82, 2.24) is 0 Å². The molecular weight excluding hydrogens is 214 g/mol. The second-order valence-corrected chi connectivity index (χ2v) is 6.93. The van der Waals surface area contributed by atoms with E-state index in [4.69, 9.17) is 10.5 Å². The van der Waals surface area contributed by atoms with E-state index in [9.17, 15) is 8.42 Å². The fourth-order valence-electron chi connectivity index (χ4n) is 2.49. The minimum Gasteiger partial charge on any atom is -0.378 e. The van der Waals surface area contributed by atoms with Gasteiger partial charge in [0, 0.05) is 12.6 Å². The molecule has 0 saturated carbocycles. The van der Waals surface area contributed by atoms with Crippen LogP contribution in [0.4, 0.5) is 0 Å². The highest BCUT2D eigenvalue weighted by Crippen LogP contribution is 2.25. The fraction of sp³-hybridized carbons (Fsp3) is 1.00. The molecule has 3 atom stereocenters. The predicted octanol–water partition coefficient (Wildman–Crippen LogP) is 0.318. The number of ether oxygens (including phenoxy) is 1. The van der Waals surface area contributed by atoms with E-state index >= 15 is 0 Å². The third-order valence-electron chi connectivity index (χ3n) is 3.43. The van der Waals surface area contributed by atoms with Gasteiger partial charge >= 0.3 is 0 Å². The largest absolute Gasteiger partial charge is 0.378 e. The van der Waals surface area contributed by atoms with E-state index in [0.29, 0.717) is 5.75 Å². The summed E-state index contributed by atoms with van der Waals surface area (Å²) in [5.74, 6) is 0.747. The van der Waals surface area contributed by atoms with E-state index in [1.165, 1.54) is 0 Å². The van der Waals surface area contributed by atoms with Gasteiger partial charge < -0.3 is 10.5 Å². The van der Waals surface area contributed by atoms with Crippen LogP contribution >= 0.6 is 0 Å². The molecule has 2 fully saturated rings. The topological polar surface area (TPSA) is 69.4 Å². The van der Waals surface area contributed by atoms with Crippen LogP contribution in [0, 0.1) is 5.92 Å². The van der Waals surface area contributed by atoms with Crippen LogP contribution in [0.15, 0.2) is 0 Å². The van der Waals surface area contributed by atoms with Crippen LogP contribution in [0.2, 0.25) is 0 Å². The summed E-state index contributed by atoms with van der Waals surface area (Å²) in [6, 6.07) is -0.00891. The molecule has 0 aromatic rings. The first-order chi connectivity index (χ1) is 7.07. The van der Waals surface area contributed by atoms with Gasteiger partial charge in [0.25, 0.3) is 0 Å². The lowest BCUT2D eigenvalue weighted by atomic mass is 9.94. The van der Waals surface area contributed by atoms with Crippen LogP contribution in [0.3, 0.4) is 0 Å². The van der Waals surface area contributed by atoms with Gasteiger partial charge in [-0.3, -0.25) is 0 Å². The second kappa shape index (κ2) is 4.39. The van der Waals surface area contributed by atoms with Crippen LogP contribution in [0.1, 0.15) is 25.7 Å². The molecule has 0 spiro atoms. The summed E-state index contributed by atoms with van der Waals surface area (Å²) >= 11 is 0. The van der Waals surface area contributed by atoms with E-state index in [1.54, 1.807) is 0 Å². The summed E-state index contributed by atoms with van der Waals surface area (Å²) in [6.07, 6.45) is 4.01. The van der Waals surface area contributed by atoms with Crippen molar-refractivity contribution >= 4 is 9.84 Å². The molecule has 2 N–H and O–H groups in total. The minimum atomic E-state index is -2.79. The summed E-state index contributed by atoms with van der Waals surface area (Å²) in [4.78, 5) is 0. The van der Waals surface area contributed by atoms with Crippen molar-refractivity contribution in [3.63, 3.8) is 0 Å². The van der Waals surface area contributed by atoms with Crippen molar-refractivity contribution in [3.8, 4) is 0 Å². The second-order valence-electron chi connectivity index (χ2n) is 4.70. The van der Waals surface area contributed by atoms with Gasteiger partial charge in [-0.2, -0.15) is 0 Å². The molecule has 3 unspecified atom stereocenters. The molecule has 2 saturated heterocycles. The molecule has 2 aliphatic rings. The first-order valence-corrected chi connectivity index (χ1v) is 7.46. The Labute approximate surface area is 91.1 Å². The maximum absolute atomic E-state index is 11.3. The molecule has 0 radical (unpaired) electrons. The quantitative estimate of drug-likeness (QED) is 0.762. The lowest BCUT2D eigenvalue weighted by molar-refractivity contribution is 0.0935. The van der Waals surface area contributed by atoms with Gasteiger partial charge in [0.2, 0.25) is 0 Å². The van der Waals surface area contributed by atoms with Crippen LogP contribution < -0.4 is 5.73 Å². The Morgan fingerprint density at radius 1 is 1.40 bits per heavy atom. The minimum absolute atomic E-state index is 0.00891. The molecule has 5 heteroatoms. The summed E-state index contributed by atoms with van der Waals surface area (Å²) in [6.45, 7) is 0.834. The van der Waals surface area contributed by atoms with Crippen molar-refractivity contribution in [3.05, 3.63) is 0 Å². The molecule has 0 aliphatic carbocycles. The predicted molar refractivity (Wildman–Crippen MR) is 58.3 cm³/mol. The summed E-state index contributed by atoms with van der Waals surface area (Å²) in [7, 11) is -2.79. The molecule has 4 nitrogen and oxygen atoms in total. The van der Waals surface area contributed by atoms with Crippen molar-refractivity contribution in [2.75, 3.05) is 18.1 Å². The van der Waals surface area contributed by atoms with Crippen LogP contribution in [0.5, 0.6) is 0 Å². The van der Waals surface area contributed by atoms with E-state index < -0.39 is 9.84 Å². The zero-order chi connectivity index (χ0) is 10.9. The van der Waals surface area contributed by atoms with Gasteiger partial charge in [-0.1, -0.05) is 0 Å². The highest BCUT2D eigenvalue weighted by Gasteiger charge is 2.33. The van der Waals surface area contributed by atoms with Crippen molar-refractivity contribution in [1.29, 1.82) is 0 Å². The highest BCUT2D eigenvalue weighted by atomic mass is 32.2. The number of rotatable bonds is 3. The monoisotopic (exact) mass is 233 g/mol. The molecule has 0 bridgehead atoms. The van der Waals surface area contributed by atoms with Crippen molar-refractivity contribution in [2.24, 2.45) is 11.7 Å². The summed E-state index contributed by atoms with van der Waals surface area (Å²) < 4.78 is 28.1. The van der Waals surface area contributed by atoms with Gasteiger partial charge in [-0.15, -0.1) is 0 Å². The summed E-state index contributed by atoms with van der Waals surface area (Å²) in [5.41, 5.74) is 6.04. The molecule has 2 heterocycles. The average Bonchev–Trinajstić information content (AvgIpc) is 2.74. The molecule has 0 aromatic heterocycles. The zero-order valence-corrected chi connectivity index (χ0v) is 9.71. The normalized spacial score (nSPS) is 36.9. The third kappa shape index (κ3) is 2.92. The lowest BCUT2D eigenvalue weighted by Crippen LogP contribution is -2.34. The average molecular weight is 233 g/mol. The van der Waals surface area contributed by atoms with Gasteiger partial charge in [0.15, 0.2) is 9.84 Å². The Morgan fingerprint density at radius 3 is 2.73 bits per heavy atom. The number of hydrogen-bond acceptors (Lipinski definition) is 4. The van der Waals surface area contributed by atoms with Gasteiger partial charge in [-0.05, 0) is 31.6 Å². The van der Waals surface area contributed by atoms with Gasteiger partial charge in [-0.25, -0.2) is 8.42 Å². The Bertz CT molecular complexity index is 309. The number of nitrogens with two attached hydrogens (primary N) is 1.